The summed E-state index contributed by atoms with van der Waals surface area (Å²) in [6, 6.07) is 13.3. The van der Waals surface area contributed by atoms with Crippen molar-refractivity contribution in [2.24, 2.45) is 0 Å². The minimum atomic E-state index is -0.243. The second kappa shape index (κ2) is 6.91. The molecule has 0 saturated carbocycles. The standard InChI is InChI=1S/C17H18N4O2/c1-2-7-15-16(17(22)18-12-14-10-6-11-23-14)19-20-21(15)13-8-4-3-5-9-13/h3-6,8-11H,2,7,12H2,1H3,(H,18,22). The number of amides is 1. The first-order valence-electron chi connectivity index (χ1n) is 7.60. The predicted octanol–water partition coefficient (Wildman–Crippen LogP) is 2.74. The lowest BCUT2D eigenvalue weighted by Crippen LogP contribution is -2.24. The molecular formula is C17H18N4O2. The van der Waals surface area contributed by atoms with Crippen molar-refractivity contribution in [1.29, 1.82) is 0 Å². The van der Waals surface area contributed by atoms with Gasteiger partial charge in [0.15, 0.2) is 5.69 Å². The summed E-state index contributed by atoms with van der Waals surface area (Å²) in [7, 11) is 0. The fourth-order valence-electron chi connectivity index (χ4n) is 2.38. The highest BCUT2D eigenvalue weighted by molar-refractivity contribution is 5.93. The molecule has 0 unspecified atom stereocenters. The largest absolute Gasteiger partial charge is 0.467 e. The second-order valence-corrected chi connectivity index (χ2v) is 5.14. The fraction of sp³-hybridized carbons (Fsp3) is 0.235. The van der Waals surface area contributed by atoms with Crippen LogP contribution >= 0.6 is 0 Å². The van der Waals surface area contributed by atoms with Crippen molar-refractivity contribution in [3.8, 4) is 5.69 Å². The Kier molecular flexibility index (Phi) is 4.52. The minimum Gasteiger partial charge on any atom is -0.467 e. The number of nitrogens with zero attached hydrogens (tertiary/aromatic N) is 3. The fourth-order valence-corrected chi connectivity index (χ4v) is 2.38. The number of furan rings is 1. The average Bonchev–Trinajstić information content (AvgIpc) is 3.23. The Hall–Kier alpha value is -2.89. The highest BCUT2D eigenvalue weighted by atomic mass is 16.3. The Balaban J connectivity index is 1.84. The lowest BCUT2D eigenvalue weighted by molar-refractivity contribution is 0.0942. The van der Waals surface area contributed by atoms with Gasteiger partial charge in [0.25, 0.3) is 5.91 Å². The van der Waals surface area contributed by atoms with E-state index in [-0.39, 0.29) is 5.91 Å². The molecule has 0 bridgehead atoms. The first kappa shape index (κ1) is 15.0. The lowest BCUT2D eigenvalue weighted by Gasteiger charge is -2.07. The van der Waals surface area contributed by atoms with Crippen molar-refractivity contribution in [2.75, 3.05) is 0 Å². The van der Waals surface area contributed by atoms with Gasteiger partial charge < -0.3 is 9.73 Å². The van der Waals surface area contributed by atoms with Crippen LogP contribution in [0.1, 0.15) is 35.3 Å². The molecule has 3 rings (SSSR count). The van der Waals surface area contributed by atoms with Crippen LogP contribution in [-0.2, 0) is 13.0 Å². The van der Waals surface area contributed by atoms with E-state index in [4.69, 9.17) is 4.42 Å². The highest BCUT2D eigenvalue weighted by Gasteiger charge is 2.19. The van der Waals surface area contributed by atoms with Gasteiger partial charge in [-0.05, 0) is 30.7 Å². The molecule has 0 saturated heterocycles. The minimum absolute atomic E-state index is 0.243. The molecule has 23 heavy (non-hydrogen) atoms. The van der Waals surface area contributed by atoms with Crippen LogP contribution in [-0.4, -0.2) is 20.9 Å². The summed E-state index contributed by atoms with van der Waals surface area (Å²) in [6.45, 7) is 2.39. The molecule has 1 aromatic carbocycles. The summed E-state index contributed by atoms with van der Waals surface area (Å²) < 4.78 is 6.94. The third-order valence-corrected chi connectivity index (χ3v) is 3.47. The molecular weight excluding hydrogens is 292 g/mol. The molecule has 0 radical (unpaired) electrons. The van der Waals surface area contributed by atoms with E-state index in [1.54, 1.807) is 17.0 Å². The molecule has 1 N–H and O–H groups in total. The number of hydrogen-bond donors (Lipinski definition) is 1. The van der Waals surface area contributed by atoms with E-state index in [1.165, 1.54) is 0 Å². The van der Waals surface area contributed by atoms with Gasteiger partial charge in [0.05, 0.1) is 24.2 Å². The van der Waals surface area contributed by atoms with Crippen LogP contribution in [0, 0.1) is 0 Å². The van der Waals surface area contributed by atoms with E-state index >= 15 is 0 Å². The van der Waals surface area contributed by atoms with E-state index in [9.17, 15) is 4.79 Å². The number of aromatic nitrogens is 3. The summed E-state index contributed by atoms with van der Waals surface area (Å²) in [5.41, 5.74) is 2.08. The number of para-hydroxylation sites is 1. The van der Waals surface area contributed by atoms with Crippen molar-refractivity contribution in [3.05, 3.63) is 65.9 Å². The summed E-state index contributed by atoms with van der Waals surface area (Å²) in [5, 5.41) is 11.1. The molecule has 2 heterocycles. The molecule has 3 aromatic rings. The number of nitrogens with one attached hydrogen (secondary N) is 1. The third kappa shape index (κ3) is 3.31. The van der Waals surface area contributed by atoms with E-state index < -0.39 is 0 Å². The van der Waals surface area contributed by atoms with Gasteiger partial charge in [0.1, 0.15) is 5.76 Å². The van der Waals surface area contributed by atoms with Crippen LogP contribution in [0.15, 0.2) is 53.1 Å². The zero-order valence-corrected chi connectivity index (χ0v) is 12.9. The summed E-state index contributed by atoms with van der Waals surface area (Å²) in [5.74, 6) is 0.456. The normalized spacial score (nSPS) is 10.7. The molecule has 0 spiro atoms. The smallest absolute Gasteiger partial charge is 0.274 e. The van der Waals surface area contributed by atoms with Crippen molar-refractivity contribution >= 4 is 5.91 Å². The van der Waals surface area contributed by atoms with Crippen molar-refractivity contribution in [3.63, 3.8) is 0 Å². The van der Waals surface area contributed by atoms with Crippen molar-refractivity contribution < 1.29 is 9.21 Å². The van der Waals surface area contributed by atoms with Crippen LogP contribution in [0.2, 0.25) is 0 Å². The second-order valence-electron chi connectivity index (χ2n) is 5.14. The van der Waals surface area contributed by atoms with Gasteiger partial charge in [0.2, 0.25) is 0 Å². The molecule has 6 nitrogen and oxygen atoms in total. The van der Waals surface area contributed by atoms with Crippen molar-refractivity contribution in [2.45, 2.75) is 26.3 Å². The number of benzene rings is 1. The molecule has 2 aromatic heterocycles. The first-order chi connectivity index (χ1) is 11.3. The molecule has 1 amide bonds. The summed E-state index contributed by atoms with van der Waals surface area (Å²) >= 11 is 0. The Morgan fingerprint density at radius 3 is 2.74 bits per heavy atom. The van der Waals surface area contributed by atoms with Gasteiger partial charge in [-0.2, -0.15) is 0 Å². The molecule has 0 fully saturated rings. The maximum Gasteiger partial charge on any atom is 0.274 e. The van der Waals surface area contributed by atoms with E-state index in [0.717, 1.165) is 24.2 Å². The summed E-state index contributed by atoms with van der Waals surface area (Å²) in [6.07, 6.45) is 3.21. The van der Waals surface area contributed by atoms with Crippen LogP contribution in [0.4, 0.5) is 0 Å². The summed E-state index contributed by atoms with van der Waals surface area (Å²) in [4.78, 5) is 12.4. The quantitative estimate of drug-likeness (QED) is 0.760. The Bertz CT molecular complexity index is 763. The Morgan fingerprint density at radius 2 is 2.04 bits per heavy atom. The van der Waals surface area contributed by atoms with Crippen LogP contribution in [0.5, 0.6) is 0 Å². The van der Waals surface area contributed by atoms with Gasteiger partial charge in [-0.1, -0.05) is 36.8 Å². The maximum atomic E-state index is 12.4. The predicted molar refractivity (Wildman–Crippen MR) is 85.2 cm³/mol. The van der Waals surface area contributed by atoms with Gasteiger partial charge in [-0.15, -0.1) is 5.10 Å². The van der Waals surface area contributed by atoms with Crippen LogP contribution in [0.25, 0.3) is 5.69 Å². The Labute approximate surface area is 134 Å². The zero-order valence-electron chi connectivity index (χ0n) is 12.9. The molecule has 0 atom stereocenters. The van der Waals surface area contributed by atoms with E-state index in [0.29, 0.717) is 18.0 Å². The van der Waals surface area contributed by atoms with Crippen LogP contribution < -0.4 is 5.32 Å². The zero-order chi connectivity index (χ0) is 16.1. The SMILES string of the molecule is CCCc1c(C(=O)NCc2ccco2)nnn1-c1ccccc1. The number of carbonyl (C=O) groups is 1. The molecule has 0 aliphatic rings. The number of rotatable bonds is 6. The van der Waals surface area contributed by atoms with Gasteiger partial charge >= 0.3 is 0 Å². The Morgan fingerprint density at radius 1 is 1.22 bits per heavy atom. The van der Waals surface area contributed by atoms with Crippen molar-refractivity contribution in [1.82, 2.24) is 20.3 Å². The molecule has 118 valence electrons. The van der Waals surface area contributed by atoms with E-state index in [1.807, 2.05) is 36.4 Å². The van der Waals surface area contributed by atoms with Gasteiger partial charge in [-0.25, -0.2) is 4.68 Å². The molecule has 0 aliphatic heterocycles. The monoisotopic (exact) mass is 310 g/mol. The number of hydrogen-bond acceptors (Lipinski definition) is 4. The molecule has 0 aliphatic carbocycles. The van der Waals surface area contributed by atoms with Gasteiger partial charge in [-0.3, -0.25) is 4.79 Å². The third-order valence-electron chi connectivity index (χ3n) is 3.47. The highest BCUT2D eigenvalue weighted by Crippen LogP contribution is 2.15. The van der Waals surface area contributed by atoms with Crippen LogP contribution in [0.3, 0.4) is 0 Å². The maximum absolute atomic E-state index is 12.4. The average molecular weight is 310 g/mol. The van der Waals surface area contributed by atoms with E-state index in [2.05, 4.69) is 22.6 Å². The van der Waals surface area contributed by atoms with Gasteiger partial charge in [0, 0.05) is 0 Å². The first-order valence-corrected chi connectivity index (χ1v) is 7.60. The molecule has 6 heteroatoms. The topological polar surface area (TPSA) is 73.0 Å². The number of carbonyl (C=O) groups excluding carboxylic acids is 1. The lowest BCUT2D eigenvalue weighted by atomic mass is 10.2.